The Bertz CT molecular complexity index is 669. The predicted molar refractivity (Wildman–Crippen MR) is 91.4 cm³/mol. The Kier molecular flexibility index (Phi) is 5.39. The van der Waals surface area contributed by atoms with E-state index < -0.39 is 5.91 Å². The minimum atomic E-state index is -0.430. The van der Waals surface area contributed by atoms with Crippen LogP contribution in [0.25, 0.3) is 0 Å². The Hall–Kier alpha value is -2.45. The van der Waals surface area contributed by atoms with Gasteiger partial charge in [-0.25, -0.2) is 10.2 Å². The molecule has 0 saturated carbocycles. The van der Waals surface area contributed by atoms with Crippen molar-refractivity contribution in [2.45, 2.75) is 6.54 Å². The number of carbonyl (C=O) groups is 2. The van der Waals surface area contributed by atoms with Gasteiger partial charge in [-0.2, -0.15) is 0 Å². The minimum absolute atomic E-state index is 0.263. The smallest absolute Gasteiger partial charge is 0.321 e. The van der Waals surface area contributed by atoms with Gasteiger partial charge in [0.2, 0.25) is 0 Å². The van der Waals surface area contributed by atoms with Crippen LogP contribution in [0, 0.1) is 0 Å². The van der Waals surface area contributed by atoms with E-state index in [1.54, 1.807) is 34.4 Å². The molecule has 2 N–H and O–H groups in total. The van der Waals surface area contributed by atoms with E-state index in [4.69, 9.17) is 0 Å². The van der Waals surface area contributed by atoms with Gasteiger partial charge in [0.1, 0.15) is 5.69 Å². The molecule has 8 heteroatoms. The zero-order valence-electron chi connectivity index (χ0n) is 13.1. The lowest BCUT2D eigenvalue weighted by molar-refractivity contribution is 0.0914. The third kappa shape index (κ3) is 4.30. The molecule has 7 nitrogen and oxygen atoms in total. The number of thiophene rings is 1. The molecule has 2 aromatic rings. The van der Waals surface area contributed by atoms with Crippen molar-refractivity contribution in [3.8, 4) is 0 Å². The lowest BCUT2D eigenvalue weighted by Gasteiger charge is -2.34. The van der Waals surface area contributed by atoms with Crippen LogP contribution in [0.15, 0.2) is 41.9 Å². The van der Waals surface area contributed by atoms with Crippen molar-refractivity contribution in [3.05, 3.63) is 52.5 Å². The van der Waals surface area contributed by atoms with Crippen molar-refractivity contribution in [1.82, 2.24) is 25.6 Å². The first-order valence-corrected chi connectivity index (χ1v) is 8.61. The van der Waals surface area contributed by atoms with Crippen LogP contribution in [0.5, 0.6) is 0 Å². The predicted octanol–water partition coefficient (Wildman–Crippen LogP) is 1.32. The van der Waals surface area contributed by atoms with Crippen LogP contribution < -0.4 is 10.9 Å². The van der Waals surface area contributed by atoms with Gasteiger partial charge in [-0.3, -0.25) is 20.1 Å². The second-order valence-electron chi connectivity index (χ2n) is 5.44. The molecule has 2 aromatic heterocycles. The van der Waals surface area contributed by atoms with Gasteiger partial charge in [0, 0.05) is 43.8 Å². The number of hydrogen-bond acceptors (Lipinski definition) is 5. The molecular weight excluding hydrogens is 326 g/mol. The number of nitrogens with zero attached hydrogens (tertiary/aromatic N) is 3. The molecule has 3 rings (SSSR count). The standard InChI is InChI=1S/C16H19N5O2S/c22-15(14-5-1-2-6-17-14)18-19-16(23)21-9-7-20(8-10-21)12-13-4-3-11-24-13/h1-6,11H,7-10,12H2,(H,18,22)(H,19,23). The quantitative estimate of drug-likeness (QED) is 0.823. The molecule has 0 aromatic carbocycles. The maximum Gasteiger partial charge on any atom is 0.336 e. The number of piperazine rings is 1. The number of amides is 3. The molecule has 3 heterocycles. The van der Waals surface area contributed by atoms with Crippen LogP contribution in [0.4, 0.5) is 4.79 Å². The molecule has 0 spiro atoms. The molecule has 126 valence electrons. The topological polar surface area (TPSA) is 77.6 Å². The monoisotopic (exact) mass is 345 g/mol. The molecule has 0 unspecified atom stereocenters. The van der Waals surface area contributed by atoms with Crippen LogP contribution in [-0.4, -0.2) is 52.9 Å². The average Bonchev–Trinajstić information content (AvgIpc) is 3.14. The normalized spacial score (nSPS) is 15.1. The highest BCUT2D eigenvalue weighted by molar-refractivity contribution is 7.09. The van der Waals surface area contributed by atoms with Gasteiger partial charge in [0.15, 0.2) is 0 Å². The summed E-state index contributed by atoms with van der Waals surface area (Å²) < 4.78 is 0. The summed E-state index contributed by atoms with van der Waals surface area (Å²) in [4.78, 5) is 33.2. The minimum Gasteiger partial charge on any atom is -0.321 e. The third-order valence-corrected chi connectivity index (χ3v) is 4.66. The van der Waals surface area contributed by atoms with Gasteiger partial charge in [-0.1, -0.05) is 12.1 Å². The number of carbonyl (C=O) groups excluding carboxylic acids is 2. The van der Waals surface area contributed by atoms with E-state index in [-0.39, 0.29) is 11.7 Å². The van der Waals surface area contributed by atoms with Gasteiger partial charge < -0.3 is 4.90 Å². The van der Waals surface area contributed by atoms with Gasteiger partial charge in [-0.15, -0.1) is 11.3 Å². The van der Waals surface area contributed by atoms with Crippen molar-refractivity contribution in [3.63, 3.8) is 0 Å². The Labute approximate surface area is 144 Å². The Morgan fingerprint density at radius 2 is 1.92 bits per heavy atom. The summed E-state index contributed by atoms with van der Waals surface area (Å²) in [6.45, 7) is 3.83. The fraction of sp³-hybridized carbons (Fsp3) is 0.312. The van der Waals surface area contributed by atoms with Crippen molar-refractivity contribution in [2.24, 2.45) is 0 Å². The van der Waals surface area contributed by atoms with Gasteiger partial charge >= 0.3 is 6.03 Å². The fourth-order valence-electron chi connectivity index (χ4n) is 2.48. The van der Waals surface area contributed by atoms with Crippen LogP contribution >= 0.6 is 11.3 Å². The van der Waals surface area contributed by atoms with Crippen molar-refractivity contribution in [2.75, 3.05) is 26.2 Å². The Balaban J connectivity index is 1.41. The van der Waals surface area contributed by atoms with E-state index in [0.29, 0.717) is 13.1 Å². The van der Waals surface area contributed by atoms with Crippen molar-refractivity contribution >= 4 is 23.3 Å². The molecule has 1 aliphatic rings. The zero-order chi connectivity index (χ0) is 16.8. The summed E-state index contributed by atoms with van der Waals surface area (Å²) in [6.07, 6.45) is 1.53. The van der Waals surface area contributed by atoms with Crippen molar-refractivity contribution in [1.29, 1.82) is 0 Å². The number of hydrazine groups is 1. The number of hydrogen-bond donors (Lipinski definition) is 2. The van der Waals surface area contributed by atoms with Crippen LogP contribution in [0.3, 0.4) is 0 Å². The van der Waals surface area contributed by atoms with E-state index in [2.05, 4.69) is 32.2 Å². The second kappa shape index (κ2) is 7.89. The third-order valence-electron chi connectivity index (χ3n) is 3.80. The number of nitrogens with one attached hydrogen (secondary N) is 2. The number of pyridine rings is 1. The number of aromatic nitrogens is 1. The molecular formula is C16H19N5O2S. The summed E-state index contributed by atoms with van der Waals surface area (Å²) in [5, 5.41) is 2.07. The summed E-state index contributed by atoms with van der Waals surface area (Å²) >= 11 is 1.74. The lowest BCUT2D eigenvalue weighted by Crippen LogP contribution is -2.55. The van der Waals surface area contributed by atoms with E-state index in [9.17, 15) is 9.59 Å². The maximum atomic E-state index is 12.1. The molecule has 0 radical (unpaired) electrons. The second-order valence-corrected chi connectivity index (χ2v) is 6.47. The average molecular weight is 345 g/mol. The van der Waals surface area contributed by atoms with E-state index >= 15 is 0 Å². The first-order chi connectivity index (χ1) is 11.7. The van der Waals surface area contributed by atoms with E-state index in [1.165, 1.54) is 11.1 Å². The van der Waals surface area contributed by atoms with Gasteiger partial charge in [-0.05, 0) is 23.6 Å². The first-order valence-electron chi connectivity index (χ1n) is 7.73. The highest BCUT2D eigenvalue weighted by atomic mass is 32.1. The fourth-order valence-corrected chi connectivity index (χ4v) is 3.23. The zero-order valence-corrected chi connectivity index (χ0v) is 14.0. The lowest BCUT2D eigenvalue weighted by atomic mass is 10.3. The van der Waals surface area contributed by atoms with Gasteiger partial charge in [0.05, 0.1) is 0 Å². The largest absolute Gasteiger partial charge is 0.336 e. The molecule has 24 heavy (non-hydrogen) atoms. The van der Waals surface area contributed by atoms with Crippen molar-refractivity contribution < 1.29 is 9.59 Å². The molecule has 1 aliphatic heterocycles. The summed E-state index contributed by atoms with van der Waals surface area (Å²) in [5.74, 6) is -0.430. The molecule has 3 amide bonds. The molecule has 0 bridgehead atoms. The van der Waals surface area contributed by atoms with E-state index in [1.807, 2.05) is 6.07 Å². The molecule has 0 aliphatic carbocycles. The summed E-state index contributed by atoms with van der Waals surface area (Å²) in [7, 11) is 0. The SMILES string of the molecule is O=C(NNC(=O)N1CCN(Cc2cccs2)CC1)c1ccccn1. The molecule has 1 fully saturated rings. The molecule has 0 atom stereocenters. The summed E-state index contributed by atoms with van der Waals surface area (Å²) in [6, 6.07) is 8.91. The van der Waals surface area contributed by atoms with E-state index in [0.717, 1.165) is 19.6 Å². The highest BCUT2D eigenvalue weighted by Crippen LogP contribution is 2.13. The highest BCUT2D eigenvalue weighted by Gasteiger charge is 2.21. The first kappa shape index (κ1) is 16.4. The van der Waals surface area contributed by atoms with Crippen LogP contribution in [-0.2, 0) is 6.54 Å². The van der Waals surface area contributed by atoms with Crippen LogP contribution in [0.1, 0.15) is 15.4 Å². The Morgan fingerprint density at radius 1 is 1.08 bits per heavy atom. The van der Waals surface area contributed by atoms with Gasteiger partial charge in [0.25, 0.3) is 5.91 Å². The maximum absolute atomic E-state index is 12.1. The van der Waals surface area contributed by atoms with Crippen LogP contribution in [0.2, 0.25) is 0 Å². The summed E-state index contributed by atoms with van der Waals surface area (Å²) in [5.41, 5.74) is 5.09. The number of rotatable bonds is 3. The number of urea groups is 1. The Morgan fingerprint density at radius 3 is 2.58 bits per heavy atom. The molecule has 1 saturated heterocycles.